The highest BCUT2D eigenvalue weighted by Gasteiger charge is 2.37. The van der Waals surface area contributed by atoms with Gasteiger partial charge in [-0.25, -0.2) is 4.98 Å². The van der Waals surface area contributed by atoms with E-state index in [0.29, 0.717) is 48.3 Å². The molecule has 0 bridgehead atoms. The highest BCUT2D eigenvalue weighted by molar-refractivity contribution is 6.00. The SMILES string of the molecule is CC(=O)c1c(CC[C@@H](C)N(C(=O)c2nnc[nH]2)C(C)C)nc2c(-c3ccc(C4(O)CCC4)nc3)cnn2c1N. The Morgan fingerprint density at radius 1 is 1.23 bits per heavy atom. The Morgan fingerprint density at radius 3 is 2.56 bits per heavy atom. The molecule has 1 aliphatic carbocycles. The molecule has 4 aromatic rings. The molecule has 1 saturated carbocycles. The van der Waals surface area contributed by atoms with E-state index >= 15 is 0 Å². The number of amides is 1. The fraction of sp³-hybridized carbons (Fsp3) is 0.444. The number of pyridine rings is 1. The maximum absolute atomic E-state index is 13.0. The predicted molar refractivity (Wildman–Crippen MR) is 144 cm³/mol. The number of hydrogen-bond acceptors (Lipinski definition) is 9. The number of anilines is 1. The minimum absolute atomic E-state index is 0.0831. The first-order chi connectivity index (χ1) is 18.6. The lowest BCUT2D eigenvalue weighted by molar-refractivity contribution is -0.0426. The van der Waals surface area contributed by atoms with Crippen molar-refractivity contribution in [2.24, 2.45) is 0 Å². The van der Waals surface area contributed by atoms with Crippen LogP contribution in [0.4, 0.5) is 5.82 Å². The molecule has 1 aliphatic rings. The fourth-order valence-electron chi connectivity index (χ4n) is 5.29. The number of aromatic nitrogens is 7. The van der Waals surface area contributed by atoms with Crippen LogP contribution in [0.3, 0.4) is 0 Å². The molecular weight excluding hydrogens is 498 g/mol. The Balaban J connectivity index is 1.46. The Bertz CT molecular complexity index is 1510. The fourth-order valence-corrected chi connectivity index (χ4v) is 5.29. The van der Waals surface area contributed by atoms with Gasteiger partial charge in [-0.1, -0.05) is 6.07 Å². The summed E-state index contributed by atoms with van der Waals surface area (Å²) in [4.78, 5) is 39.6. The average molecular weight is 532 g/mol. The molecule has 204 valence electrons. The van der Waals surface area contributed by atoms with Gasteiger partial charge in [0.25, 0.3) is 5.91 Å². The Hall–Kier alpha value is -4.19. The van der Waals surface area contributed by atoms with Gasteiger partial charge in [0.1, 0.15) is 17.7 Å². The maximum Gasteiger partial charge on any atom is 0.292 e. The van der Waals surface area contributed by atoms with E-state index in [0.717, 1.165) is 17.5 Å². The van der Waals surface area contributed by atoms with E-state index in [1.165, 1.54) is 17.8 Å². The summed E-state index contributed by atoms with van der Waals surface area (Å²) in [5.74, 6) is -0.0601. The van der Waals surface area contributed by atoms with Crippen LogP contribution in [-0.2, 0) is 12.0 Å². The number of nitrogens with one attached hydrogen (secondary N) is 1. The molecule has 1 atom stereocenters. The summed E-state index contributed by atoms with van der Waals surface area (Å²) in [7, 11) is 0. The zero-order valence-electron chi connectivity index (χ0n) is 22.5. The lowest BCUT2D eigenvalue weighted by atomic mass is 9.77. The van der Waals surface area contributed by atoms with Gasteiger partial charge in [0.15, 0.2) is 11.4 Å². The highest BCUT2D eigenvalue weighted by Crippen LogP contribution is 2.40. The van der Waals surface area contributed by atoms with Gasteiger partial charge in [0.05, 0.1) is 23.1 Å². The van der Waals surface area contributed by atoms with Crippen molar-refractivity contribution < 1.29 is 14.7 Å². The first-order valence-electron chi connectivity index (χ1n) is 13.2. The molecular formula is C27H33N9O3. The second-order valence-electron chi connectivity index (χ2n) is 10.5. The van der Waals surface area contributed by atoms with Gasteiger partial charge < -0.3 is 20.7 Å². The number of aromatic amines is 1. The normalized spacial score (nSPS) is 15.3. The van der Waals surface area contributed by atoms with Crippen LogP contribution in [0.5, 0.6) is 0 Å². The molecule has 0 saturated heterocycles. The number of aliphatic hydroxyl groups is 1. The first kappa shape index (κ1) is 26.4. The summed E-state index contributed by atoms with van der Waals surface area (Å²) in [6.07, 6.45) is 8.10. The third kappa shape index (κ3) is 4.76. The van der Waals surface area contributed by atoms with Gasteiger partial charge in [-0.15, -0.1) is 10.2 Å². The average Bonchev–Trinajstić information content (AvgIpc) is 3.56. The van der Waals surface area contributed by atoms with Crippen LogP contribution in [-0.4, -0.2) is 68.5 Å². The van der Waals surface area contributed by atoms with Crippen LogP contribution in [0.25, 0.3) is 16.8 Å². The van der Waals surface area contributed by atoms with E-state index in [9.17, 15) is 14.7 Å². The summed E-state index contributed by atoms with van der Waals surface area (Å²) in [5.41, 5.74) is 9.14. The summed E-state index contributed by atoms with van der Waals surface area (Å²) in [5, 5.41) is 22.6. The quantitative estimate of drug-likeness (QED) is 0.275. The molecule has 4 heterocycles. The van der Waals surface area contributed by atoms with E-state index in [2.05, 4.69) is 25.3 Å². The van der Waals surface area contributed by atoms with Crippen molar-refractivity contribution in [3.05, 3.63) is 53.6 Å². The Morgan fingerprint density at radius 2 is 2.00 bits per heavy atom. The second kappa shape index (κ2) is 10.2. The van der Waals surface area contributed by atoms with E-state index in [4.69, 9.17) is 10.7 Å². The van der Waals surface area contributed by atoms with Crippen molar-refractivity contribution in [3.63, 3.8) is 0 Å². The summed E-state index contributed by atoms with van der Waals surface area (Å²) >= 11 is 0. The number of aryl methyl sites for hydroxylation is 1. The minimum Gasteiger partial charge on any atom is -0.384 e. The van der Waals surface area contributed by atoms with Crippen molar-refractivity contribution in [2.45, 2.75) is 77.5 Å². The molecule has 4 aromatic heterocycles. The number of Topliss-reactive ketones (excluding diaryl/α,β-unsaturated/α-hetero) is 1. The van der Waals surface area contributed by atoms with Crippen LogP contribution in [0.15, 0.2) is 30.9 Å². The summed E-state index contributed by atoms with van der Waals surface area (Å²) in [6.45, 7) is 7.29. The molecule has 5 rings (SSSR count). The second-order valence-corrected chi connectivity index (χ2v) is 10.5. The van der Waals surface area contributed by atoms with Gasteiger partial charge in [-0.3, -0.25) is 14.6 Å². The molecule has 0 aliphatic heterocycles. The molecule has 12 nitrogen and oxygen atoms in total. The topological polar surface area (TPSA) is 168 Å². The number of rotatable bonds is 9. The smallest absolute Gasteiger partial charge is 0.292 e. The number of H-pyrrole nitrogens is 1. The lowest BCUT2D eigenvalue weighted by Crippen LogP contribution is -2.44. The van der Waals surface area contributed by atoms with Gasteiger partial charge in [-0.2, -0.15) is 9.61 Å². The standard InChI is InChI=1S/C27H33N9O3/c1-15(2)35(26(38)24-30-14-31-34-24)16(3)6-8-20-22(17(4)37)23(28)36-25(33-20)19(13-32-36)18-7-9-21(29-12-18)27(39)10-5-11-27/h7,9,12-16,39H,5-6,8,10-11,28H2,1-4H3,(H,30,31,34)/t16-/m1/s1. The number of nitrogens with zero attached hydrogens (tertiary/aromatic N) is 7. The monoisotopic (exact) mass is 531 g/mol. The first-order valence-corrected chi connectivity index (χ1v) is 13.2. The molecule has 0 spiro atoms. The van der Waals surface area contributed by atoms with Crippen LogP contribution in [0.1, 0.15) is 85.7 Å². The van der Waals surface area contributed by atoms with Crippen molar-refractivity contribution in [3.8, 4) is 11.1 Å². The maximum atomic E-state index is 13.0. The molecule has 0 unspecified atom stereocenters. The molecule has 12 heteroatoms. The van der Waals surface area contributed by atoms with E-state index in [1.807, 2.05) is 32.9 Å². The number of nitrogen functional groups attached to an aromatic ring is 1. The van der Waals surface area contributed by atoms with Crippen LogP contribution in [0, 0.1) is 0 Å². The van der Waals surface area contributed by atoms with E-state index in [-0.39, 0.29) is 35.4 Å². The van der Waals surface area contributed by atoms with Crippen molar-refractivity contribution in [2.75, 3.05) is 5.73 Å². The molecule has 4 N–H and O–H groups in total. The number of carbonyl (C=O) groups is 2. The summed E-state index contributed by atoms with van der Waals surface area (Å²) < 4.78 is 1.47. The molecule has 1 amide bonds. The zero-order chi connectivity index (χ0) is 27.9. The minimum atomic E-state index is -0.846. The summed E-state index contributed by atoms with van der Waals surface area (Å²) in [6, 6.07) is 3.46. The number of hydrogen-bond donors (Lipinski definition) is 3. The molecule has 0 aromatic carbocycles. The number of fused-ring (bicyclic) bond motifs is 1. The molecule has 39 heavy (non-hydrogen) atoms. The van der Waals surface area contributed by atoms with Gasteiger partial charge >= 0.3 is 0 Å². The van der Waals surface area contributed by atoms with E-state index < -0.39 is 5.60 Å². The van der Waals surface area contributed by atoms with Crippen molar-refractivity contribution in [1.82, 2.24) is 39.7 Å². The zero-order valence-corrected chi connectivity index (χ0v) is 22.5. The molecule has 1 fully saturated rings. The third-order valence-electron chi connectivity index (χ3n) is 7.53. The van der Waals surface area contributed by atoms with Gasteiger partial charge in [0.2, 0.25) is 5.82 Å². The van der Waals surface area contributed by atoms with Crippen LogP contribution < -0.4 is 5.73 Å². The molecule has 0 radical (unpaired) electrons. The predicted octanol–water partition coefficient (Wildman–Crippen LogP) is 2.94. The van der Waals surface area contributed by atoms with Crippen LogP contribution in [0.2, 0.25) is 0 Å². The van der Waals surface area contributed by atoms with Crippen molar-refractivity contribution in [1.29, 1.82) is 0 Å². The third-order valence-corrected chi connectivity index (χ3v) is 7.53. The number of carbonyl (C=O) groups excluding carboxylic acids is 2. The van der Waals surface area contributed by atoms with Crippen LogP contribution >= 0.6 is 0 Å². The number of ketones is 1. The van der Waals surface area contributed by atoms with Gasteiger partial charge in [-0.05, 0) is 65.9 Å². The van der Waals surface area contributed by atoms with Crippen molar-refractivity contribution >= 4 is 23.2 Å². The lowest BCUT2D eigenvalue weighted by Gasteiger charge is -2.35. The van der Waals surface area contributed by atoms with E-state index in [1.54, 1.807) is 17.3 Å². The Labute approximate surface area is 225 Å². The number of nitrogens with two attached hydrogens (primary N) is 1. The van der Waals surface area contributed by atoms with Gasteiger partial charge in [0, 0.05) is 29.4 Å². The highest BCUT2D eigenvalue weighted by atomic mass is 16.3. The Kier molecular flexibility index (Phi) is 6.89. The largest absolute Gasteiger partial charge is 0.384 e.